The van der Waals surface area contributed by atoms with E-state index in [1.165, 1.54) is 6.33 Å². The normalized spacial score (nSPS) is 25.3. The Kier molecular flexibility index (Phi) is 4.02. The summed E-state index contributed by atoms with van der Waals surface area (Å²) < 4.78 is 0. The van der Waals surface area contributed by atoms with Crippen LogP contribution in [0.4, 0.5) is 5.82 Å². The van der Waals surface area contributed by atoms with E-state index >= 15 is 0 Å². The van der Waals surface area contributed by atoms with Crippen LogP contribution in [0.3, 0.4) is 0 Å². The Balaban J connectivity index is 2.13. The first-order valence-corrected chi connectivity index (χ1v) is 6.24. The molecule has 1 saturated carbocycles. The molecule has 0 spiro atoms. The molecule has 1 aliphatic rings. The van der Waals surface area contributed by atoms with E-state index in [0.29, 0.717) is 5.82 Å². The molecule has 2 unspecified atom stereocenters. The number of aliphatic hydroxyl groups is 1. The maximum Gasteiger partial charge on any atom is 0.271 e. The summed E-state index contributed by atoms with van der Waals surface area (Å²) in [7, 11) is 0. The van der Waals surface area contributed by atoms with Gasteiger partial charge in [-0.1, -0.05) is 30.9 Å². The summed E-state index contributed by atoms with van der Waals surface area (Å²) >= 11 is 5.85. The molecule has 1 aliphatic carbocycles. The van der Waals surface area contributed by atoms with Crippen molar-refractivity contribution in [3.8, 4) is 0 Å². The zero-order chi connectivity index (χ0) is 12.3. The highest BCUT2D eigenvalue weighted by atomic mass is 35.5. The third-order valence-electron chi connectivity index (χ3n) is 3.10. The molecule has 1 aromatic heterocycles. The summed E-state index contributed by atoms with van der Waals surface area (Å²) in [5.41, 5.74) is -0.368. The molecule has 5 nitrogen and oxygen atoms in total. The van der Waals surface area contributed by atoms with E-state index in [9.17, 15) is 9.90 Å². The van der Waals surface area contributed by atoms with Gasteiger partial charge in [-0.2, -0.15) is 0 Å². The van der Waals surface area contributed by atoms with Gasteiger partial charge in [-0.3, -0.25) is 4.79 Å². The summed E-state index contributed by atoms with van der Waals surface area (Å²) in [6.45, 7) is 0. The van der Waals surface area contributed by atoms with E-state index in [4.69, 9.17) is 11.6 Å². The molecule has 2 atom stereocenters. The Morgan fingerprint density at radius 1 is 1.41 bits per heavy atom. The van der Waals surface area contributed by atoms with Crippen molar-refractivity contribution in [2.24, 2.45) is 0 Å². The molecule has 0 saturated heterocycles. The van der Waals surface area contributed by atoms with Crippen LogP contribution in [0.25, 0.3) is 0 Å². The van der Waals surface area contributed by atoms with Crippen molar-refractivity contribution in [1.29, 1.82) is 0 Å². The van der Waals surface area contributed by atoms with Crippen LogP contribution < -0.4 is 10.9 Å². The SMILES string of the molecule is O=c1[nH]cnc(NC2CCCCCC2O)c1Cl. The second-order valence-corrected chi connectivity index (χ2v) is 4.73. The van der Waals surface area contributed by atoms with Crippen LogP contribution in [-0.4, -0.2) is 27.2 Å². The number of H-pyrrole nitrogens is 1. The van der Waals surface area contributed by atoms with Crippen LogP contribution in [0.15, 0.2) is 11.1 Å². The highest BCUT2D eigenvalue weighted by Crippen LogP contribution is 2.22. The van der Waals surface area contributed by atoms with E-state index in [0.717, 1.165) is 32.1 Å². The topological polar surface area (TPSA) is 78.0 Å². The highest BCUT2D eigenvalue weighted by Gasteiger charge is 2.22. The van der Waals surface area contributed by atoms with Gasteiger partial charge in [-0.15, -0.1) is 0 Å². The van der Waals surface area contributed by atoms with Crippen molar-refractivity contribution in [2.45, 2.75) is 44.2 Å². The van der Waals surface area contributed by atoms with Crippen LogP contribution in [0.2, 0.25) is 5.02 Å². The molecule has 3 N–H and O–H groups in total. The highest BCUT2D eigenvalue weighted by molar-refractivity contribution is 6.32. The van der Waals surface area contributed by atoms with Crippen LogP contribution in [0.5, 0.6) is 0 Å². The molecule has 0 amide bonds. The fourth-order valence-electron chi connectivity index (χ4n) is 2.12. The molecule has 0 aromatic carbocycles. The minimum Gasteiger partial charge on any atom is -0.391 e. The van der Waals surface area contributed by atoms with Gasteiger partial charge >= 0.3 is 0 Å². The lowest BCUT2D eigenvalue weighted by Gasteiger charge is -2.22. The van der Waals surface area contributed by atoms with Gasteiger partial charge in [0, 0.05) is 0 Å². The second kappa shape index (κ2) is 5.51. The minimum atomic E-state index is -0.408. The number of hydrogen-bond acceptors (Lipinski definition) is 4. The van der Waals surface area contributed by atoms with Crippen molar-refractivity contribution < 1.29 is 5.11 Å². The van der Waals surface area contributed by atoms with Crippen molar-refractivity contribution >= 4 is 17.4 Å². The average molecular weight is 258 g/mol. The third-order valence-corrected chi connectivity index (χ3v) is 3.45. The Bertz CT molecular complexity index is 435. The summed E-state index contributed by atoms with van der Waals surface area (Å²) in [6.07, 6.45) is 5.77. The molecule has 94 valence electrons. The predicted molar refractivity (Wildman–Crippen MR) is 66.4 cm³/mol. The van der Waals surface area contributed by atoms with E-state index < -0.39 is 6.10 Å². The van der Waals surface area contributed by atoms with Gasteiger partial charge in [0.05, 0.1) is 18.5 Å². The number of aromatic amines is 1. The number of anilines is 1. The van der Waals surface area contributed by atoms with E-state index in [1.54, 1.807) is 0 Å². The van der Waals surface area contributed by atoms with Gasteiger partial charge in [0.25, 0.3) is 5.56 Å². The van der Waals surface area contributed by atoms with Crippen molar-refractivity contribution in [2.75, 3.05) is 5.32 Å². The monoisotopic (exact) mass is 257 g/mol. The number of aliphatic hydroxyl groups excluding tert-OH is 1. The summed E-state index contributed by atoms with van der Waals surface area (Å²) in [6, 6.07) is -0.0794. The molecular weight excluding hydrogens is 242 g/mol. The van der Waals surface area contributed by atoms with Crippen molar-refractivity contribution in [1.82, 2.24) is 9.97 Å². The smallest absolute Gasteiger partial charge is 0.271 e. The number of aromatic nitrogens is 2. The summed E-state index contributed by atoms with van der Waals surface area (Å²) in [5, 5.41) is 13.1. The van der Waals surface area contributed by atoms with Gasteiger partial charge in [0.1, 0.15) is 5.02 Å². The first kappa shape index (κ1) is 12.4. The summed E-state index contributed by atoms with van der Waals surface area (Å²) in [5.74, 6) is 0.348. The number of nitrogens with zero attached hydrogens (tertiary/aromatic N) is 1. The van der Waals surface area contributed by atoms with Crippen LogP contribution in [0, 0.1) is 0 Å². The molecule has 0 radical (unpaired) electrons. The molecule has 1 aromatic rings. The standard InChI is InChI=1S/C11H16ClN3O2/c12-9-10(13-6-14-11(9)17)15-7-4-2-1-3-5-8(7)16/h6-8,16H,1-5H2,(H2,13,14,15,17). The molecule has 17 heavy (non-hydrogen) atoms. The fourth-order valence-corrected chi connectivity index (χ4v) is 2.27. The fraction of sp³-hybridized carbons (Fsp3) is 0.636. The molecule has 6 heteroatoms. The molecule has 1 fully saturated rings. The van der Waals surface area contributed by atoms with Crippen LogP contribution in [-0.2, 0) is 0 Å². The quantitative estimate of drug-likeness (QED) is 0.702. The van der Waals surface area contributed by atoms with E-state index in [1.807, 2.05) is 0 Å². The third kappa shape index (κ3) is 2.98. The van der Waals surface area contributed by atoms with Crippen molar-refractivity contribution in [3.63, 3.8) is 0 Å². The van der Waals surface area contributed by atoms with Gasteiger partial charge < -0.3 is 15.4 Å². The largest absolute Gasteiger partial charge is 0.391 e. The maximum absolute atomic E-state index is 11.3. The van der Waals surface area contributed by atoms with Gasteiger partial charge in [0.2, 0.25) is 0 Å². The Labute approximate surface area is 104 Å². The number of rotatable bonds is 2. The van der Waals surface area contributed by atoms with E-state index in [2.05, 4.69) is 15.3 Å². The van der Waals surface area contributed by atoms with Crippen LogP contribution >= 0.6 is 11.6 Å². The Morgan fingerprint density at radius 3 is 3.00 bits per heavy atom. The zero-order valence-corrected chi connectivity index (χ0v) is 10.2. The Hall–Kier alpha value is -1.07. The zero-order valence-electron chi connectivity index (χ0n) is 9.45. The average Bonchev–Trinajstić information content (AvgIpc) is 2.51. The molecule has 2 rings (SSSR count). The number of hydrogen-bond donors (Lipinski definition) is 3. The molecule has 1 heterocycles. The van der Waals surface area contributed by atoms with Crippen LogP contribution in [0.1, 0.15) is 32.1 Å². The first-order valence-electron chi connectivity index (χ1n) is 5.86. The minimum absolute atomic E-state index is 0.0453. The lowest BCUT2D eigenvalue weighted by molar-refractivity contribution is 0.144. The van der Waals surface area contributed by atoms with Gasteiger partial charge in [-0.25, -0.2) is 4.98 Å². The number of nitrogens with one attached hydrogen (secondary N) is 2. The predicted octanol–water partition coefficient (Wildman–Crippen LogP) is 1.53. The molecular formula is C11H16ClN3O2. The first-order chi connectivity index (χ1) is 8.18. The van der Waals surface area contributed by atoms with Crippen molar-refractivity contribution in [3.05, 3.63) is 21.7 Å². The van der Waals surface area contributed by atoms with E-state index in [-0.39, 0.29) is 16.6 Å². The van der Waals surface area contributed by atoms with Gasteiger partial charge in [-0.05, 0) is 12.8 Å². The molecule has 0 aliphatic heterocycles. The van der Waals surface area contributed by atoms with Gasteiger partial charge in [0.15, 0.2) is 5.82 Å². The lowest BCUT2D eigenvalue weighted by atomic mass is 10.1. The lowest BCUT2D eigenvalue weighted by Crippen LogP contribution is -2.33. The second-order valence-electron chi connectivity index (χ2n) is 4.35. The number of halogens is 1. The Morgan fingerprint density at radius 2 is 2.18 bits per heavy atom. The summed E-state index contributed by atoms with van der Waals surface area (Å²) in [4.78, 5) is 17.7. The maximum atomic E-state index is 11.3. The molecule has 0 bridgehead atoms.